The maximum Gasteiger partial charge on any atom is 0.100 e. The van der Waals surface area contributed by atoms with Gasteiger partial charge in [0.15, 0.2) is 0 Å². The van der Waals surface area contributed by atoms with Crippen molar-refractivity contribution >= 4 is 45.9 Å². The molecule has 0 aliphatic heterocycles. The van der Waals surface area contributed by atoms with Crippen LogP contribution in [0.4, 0.5) is 0 Å². The number of thiophene rings is 1. The Morgan fingerprint density at radius 1 is 1.37 bits per heavy atom. The van der Waals surface area contributed by atoms with Gasteiger partial charge in [-0.2, -0.15) is 0 Å². The van der Waals surface area contributed by atoms with Crippen molar-refractivity contribution < 1.29 is 5.11 Å². The van der Waals surface area contributed by atoms with E-state index < -0.39 is 6.10 Å². The molecule has 0 fully saturated rings. The van der Waals surface area contributed by atoms with Gasteiger partial charge < -0.3 is 5.11 Å². The van der Waals surface area contributed by atoms with Crippen LogP contribution in [0.2, 0.25) is 8.67 Å². The van der Waals surface area contributed by atoms with Gasteiger partial charge in [0.05, 0.1) is 21.1 Å². The minimum absolute atomic E-state index is 0.0308. The number of halogens is 2. The van der Waals surface area contributed by atoms with Crippen molar-refractivity contribution in [1.29, 1.82) is 0 Å². The zero-order valence-corrected chi connectivity index (χ0v) is 14.1. The highest BCUT2D eigenvalue weighted by molar-refractivity contribution is 7.20. The normalized spacial score (nSPS) is 13.8. The molecule has 1 atom stereocenters. The van der Waals surface area contributed by atoms with Crippen LogP contribution in [0.5, 0.6) is 0 Å². The Labute approximate surface area is 131 Å². The first kappa shape index (κ1) is 15.3. The molecular weight excluding hydrogens is 321 g/mol. The summed E-state index contributed by atoms with van der Waals surface area (Å²) < 4.78 is 1.14. The first-order chi connectivity index (χ1) is 8.77. The van der Waals surface area contributed by atoms with E-state index in [0.29, 0.717) is 20.7 Å². The van der Waals surface area contributed by atoms with E-state index in [1.54, 1.807) is 17.4 Å². The second-order valence-electron chi connectivity index (χ2n) is 5.38. The molecule has 19 heavy (non-hydrogen) atoms. The lowest BCUT2D eigenvalue weighted by Gasteiger charge is -2.14. The summed E-state index contributed by atoms with van der Waals surface area (Å²) in [6.07, 6.45) is -0.191. The van der Waals surface area contributed by atoms with Gasteiger partial charge in [-0.05, 0) is 6.07 Å². The monoisotopic (exact) mass is 335 g/mol. The Morgan fingerprint density at radius 3 is 2.53 bits per heavy atom. The predicted octanol–water partition coefficient (Wildman–Crippen LogP) is 5.09. The van der Waals surface area contributed by atoms with Crippen molar-refractivity contribution in [2.24, 2.45) is 0 Å². The Balaban J connectivity index is 2.13. The molecule has 104 valence electrons. The van der Waals surface area contributed by atoms with E-state index in [4.69, 9.17) is 23.2 Å². The van der Waals surface area contributed by atoms with Crippen molar-refractivity contribution in [2.45, 2.75) is 38.7 Å². The Kier molecular flexibility index (Phi) is 4.58. The Morgan fingerprint density at radius 2 is 2.05 bits per heavy atom. The van der Waals surface area contributed by atoms with Gasteiger partial charge in [0.1, 0.15) is 4.34 Å². The molecular formula is C13H15Cl2NOS2. The molecule has 0 aliphatic carbocycles. The van der Waals surface area contributed by atoms with Crippen molar-refractivity contribution in [1.82, 2.24) is 4.98 Å². The van der Waals surface area contributed by atoms with E-state index in [2.05, 4.69) is 25.8 Å². The van der Waals surface area contributed by atoms with Gasteiger partial charge in [0.25, 0.3) is 0 Å². The van der Waals surface area contributed by atoms with Crippen LogP contribution in [-0.2, 0) is 11.8 Å². The molecule has 2 heterocycles. The molecule has 2 aromatic rings. The molecule has 0 saturated carbocycles. The van der Waals surface area contributed by atoms with Crippen LogP contribution in [0.3, 0.4) is 0 Å². The highest BCUT2D eigenvalue weighted by Gasteiger charge is 2.20. The fourth-order valence-electron chi connectivity index (χ4n) is 1.60. The van der Waals surface area contributed by atoms with Gasteiger partial charge in [-0.25, -0.2) is 4.98 Å². The molecule has 0 aliphatic rings. The average Bonchev–Trinajstić information content (AvgIpc) is 2.84. The maximum absolute atomic E-state index is 10.2. The Bertz CT molecular complexity index is 571. The first-order valence-electron chi connectivity index (χ1n) is 5.85. The molecule has 1 unspecified atom stereocenters. The third-order valence-corrected chi connectivity index (χ3v) is 5.12. The van der Waals surface area contributed by atoms with Gasteiger partial charge >= 0.3 is 0 Å². The summed E-state index contributed by atoms with van der Waals surface area (Å²) in [5, 5.41) is 13.2. The third-order valence-electron chi connectivity index (χ3n) is 2.73. The summed E-state index contributed by atoms with van der Waals surface area (Å²) in [5.74, 6) is 0. The molecule has 6 heteroatoms. The quantitative estimate of drug-likeness (QED) is 0.847. The molecule has 0 radical (unpaired) electrons. The number of rotatable bonds is 3. The van der Waals surface area contributed by atoms with E-state index in [1.807, 2.05) is 5.38 Å². The number of aliphatic hydroxyl groups is 1. The van der Waals surface area contributed by atoms with Crippen molar-refractivity contribution in [3.8, 4) is 0 Å². The lowest BCUT2D eigenvalue weighted by molar-refractivity contribution is 0.179. The van der Waals surface area contributed by atoms with E-state index >= 15 is 0 Å². The lowest BCUT2D eigenvalue weighted by Crippen LogP contribution is -2.11. The summed E-state index contributed by atoms with van der Waals surface area (Å²) in [7, 11) is 0. The number of nitrogens with zero attached hydrogens (tertiary/aromatic N) is 1. The molecule has 0 saturated heterocycles. The van der Waals surface area contributed by atoms with E-state index in [1.165, 1.54) is 11.3 Å². The van der Waals surface area contributed by atoms with E-state index in [-0.39, 0.29) is 5.41 Å². The average molecular weight is 336 g/mol. The van der Waals surface area contributed by atoms with Gasteiger partial charge in [0, 0.05) is 22.8 Å². The number of thiazole rings is 1. The molecule has 0 spiro atoms. The molecule has 0 amide bonds. The smallest absolute Gasteiger partial charge is 0.100 e. The second-order valence-corrected chi connectivity index (χ2v) is 8.60. The highest BCUT2D eigenvalue weighted by atomic mass is 35.5. The lowest BCUT2D eigenvalue weighted by atomic mass is 9.93. The minimum atomic E-state index is -0.657. The fourth-order valence-corrected chi connectivity index (χ4v) is 4.23. The van der Waals surface area contributed by atoms with Gasteiger partial charge in [0.2, 0.25) is 0 Å². The largest absolute Gasteiger partial charge is 0.388 e. The van der Waals surface area contributed by atoms with Crippen molar-refractivity contribution in [3.05, 3.63) is 36.4 Å². The van der Waals surface area contributed by atoms with Gasteiger partial charge in [-0.3, -0.25) is 0 Å². The van der Waals surface area contributed by atoms with Crippen LogP contribution in [0, 0.1) is 0 Å². The summed E-state index contributed by atoms with van der Waals surface area (Å²) in [4.78, 5) is 4.57. The zero-order valence-electron chi connectivity index (χ0n) is 10.9. The van der Waals surface area contributed by atoms with Gasteiger partial charge in [-0.15, -0.1) is 22.7 Å². The molecule has 0 aromatic carbocycles. The fraction of sp³-hybridized carbons (Fsp3) is 0.462. The van der Waals surface area contributed by atoms with E-state index in [0.717, 1.165) is 10.7 Å². The van der Waals surface area contributed by atoms with Crippen LogP contribution >= 0.6 is 45.9 Å². The van der Waals surface area contributed by atoms with Gasteiger partial charge in [-0.1, -0.05) is 44.0 Å². The van der Waals surface area contributed by atoms with Crippen LogP contribution in [0.25, 0.3) is 0 Å². The topological polar surface area (TPSA) is 33.1 Å². The molecule has 0 bridgehead atoms. The summed E-state index contributed by atoms with van der Waals surface area (Å²) >= 11 is 14.8. The zero-order chi connectivity index (χ0) is 14.2. The second kappa shape index (κ2) is 5.70. The number of aromatic nitrogens is 1. The van der Waals surface area contributed by atoms with Crippen molar-refractivity contribution in [3.63, 3.8) is 0 Å². The predicted molar refractivity (Wildman–Crippen MR) is 83.8 cm³/mol. The summed E-state index contributed by atoms with van der Waals surface area (Å²) in [5.41, 5.74) is 1.77. The number of aliphatic hydroxyl groups excluding tert-OH is 1. The maximum atomic E-state index is 10.2. The minimum Gasteiger partial charge on any atom is -0.388 e. The van der Waals surface area contributed by atoms with E-state index in [9.17, 15) is 5.11 Å². The molecule has 2 aromatic heterocycles. The summed E-state index contributed by atoms with van der Waals surface area (Å²) in [6.45, 7) is 6.37. The SMILES string of the molecule is CC(C)(C)c1csc(CC(O)c2cc(Cl)sc2Cl)n1. The standard InChI is InChI=1S/C13H15Cl2NOS2/c1-13(2,3)9-6-18-11(16-9)5-8(17)7-4-10(14)19-12(7)15/h4,6,8,17H,5H2,1-3H3. The molecule has 2 rings (SSSR count). The first-order valence-corrected chi connectivity index (χ1v) is 8.30. The Hall–Kier alpha value is -0.130. The number of hydrogen-bond donors (Lipinski definition) is 1. The summed E-state index contributed by atoms with van der Waals surface area (Å²) in [6, 6.07) is 1.72. The van der Waals surface area contributed by atoms with Crippen molar-refractivity contribution in [2.75, 3.05) is 0 Å². The van der Waals surface area contributed by atoms with Crippen LogP contribution in [0.15, 0.2) is 11.4 Å². The van der Waals surface area contributed by atoms with Crippen LogP contribution < -0.4 is 0 Å². The van der Waals surface area contributed by atoms with Crippen LogP contribution in [-0.4, -0.2) is 10.1 Å². The third kappa shape index (κ3) is 3.70. The highest BCUT2D eigenvalue weighted by Crippen LogP contribution is 2.36. The number of hydrogen-bond acceptors (Lipinski definition) is 4. The molecule has 1 N–H and O–H groups in total. The van der Waals surface area contributed by atoms with Crippen LogP contribution in [0.1, 0.15) is 43.1 Å². The molecule has 2 nitrogen and oxygen atoms in total.